The molecule has 70 valence electrons. The molecule has 0 saturated carbocycles. The van der Waals surface area contributed by atoms with Gasteiger partial charge < -0.3 is 5.11 Å². The smallest absolute Gasteiger partial charge is 0.0549 e. The highest BCUT2D eigenvalue weighted by atomic mass is 16.3. The highest BCUT2D eigenvalue weighted by molar-refractivity contribution is 5.03. The molecule has 0 fully saturated rings. The number of aliphatic hydroxyl groups excluding tert-OH is 1. The van der Waals surface area contributed by atoms with Crippen molar-refractivity contribution >= 4 is 0 Å². The van der Waals surface area contributed by atoms with Crippen LogP contribution in [0.15, 0.2) is 11.6 Å². The number of hydrogen-bond acceptors (Lipinski definition) is 1. The molecule has 0 bridgehead atoms. The summed E-state index contributed by atoms with van der Waals surface area (Å²) in [5, 5.41) is 9.23. The molecule has 0 aromatic rings. The second-order valence-electron chi connectivity index (χ2n) is 3.87. The Hall–Kier alpha value is -0.300. The van der Waals surface area contributed by atoms with Gasteiger partial charge in [0, 0.05) is 0 Å². The Kier molecular flexibility index (Phi) is 4.37. The van der Waals surface area contributed by atoms with Crippen LogP contribution in [-0.2, 0) is 0 Å². The number of aliphatic hydroxyl groups is 1. The Morgan fingerprint density at radius 2 is 2.08 bits per heavy atom. The van der Waals surface area contributed by atoms with Gasteiger partial charge in [-0.05, 0) is 39.0 Å². The van der Waals surface area contributed by atoms with E-state index >= 15 is 0 Å². The first-order valence-electron chi connectivity index (χ1n) is 5.15. The lowest BCUT2D eigenvalue weighted by Gasteiger charge is -2.12. The summed E-state index contributed by atoms with van der Waals surface area (Å²) in [5.74, 6) is 0. The predicted octanol–water partition coefficient (Wildman–Crippen LogP) is 3.04. The maximum absolute atomic E-state index is 9.23. The third-order valence-corrected chi connectivity index (χ3v) is 2.44. The minimum Gasteiger partial charge on any atom is -0.393 e. The van der Waals surface area contributed by atoms with E-state index in [1.54, 1.807) is 0 Å². The molecule has 0 aromatic carbocycles. The largest absolute Gasteiger partial charge is 0.393 e. The fourth-order valence-electron chi connectivity index (χ4n) is 1.82. The summed E-state index contributed by atoms with van der Waals surface area (Å²) in [7, 11) is 0. The van der Waals surface area contributed by atoms with E-state index in [9.17, 15) is 5.11 Å². The van der Waals surface area contributed by atoms with Crippen LogP contribution in [0, 0.1) is 0 Å². The Morgan fingerprint density at radius 1 is 1.33 bits per heavy atom. The number of allylic oxidation sites excluding steroid dienone is 1. The maximum Gasteiger partial charge on any atom is 0.0549 e. The number of hydrogen-bond donors (Lipinski definition) is 1. The average molecular weight is 168 g/mol. The van der Waals surface area contributed by atoms with E-state index in [0.717, 1.165) is 6.42 Å². The molecule has 1 aliphatic carbocycles. The SMILES string of the molecule is C[C@H](O)C/C1=C/CCCCCC1. The molecule has 0 radical (unpaired) electrons. The van der Waals surface area contributed by atoms with Gasteiger partial charge in [0.05, 0.1) is 6.10 Å². The molecule has 0 aromatic heterocycles. The topological polar surface area (TPSA) is 20.2 Å². The van der Waals surface area contributed by atoms with Gasteiger partial charge in [0.2, 0.25) is 0 Å². The van der Waals surface area contributed by atoms with Crippen LogP contribution in [0.4, 0.5) is 0 Å². The lowest BCUT2D eigenvalue weighted by atomic mass is 9.96. The van der Waals surface area contributed by atoms with E-state index in [2.05, 4.69) is 6.08 Å². The lowest BCUT2D eigenvalue weighted by Crippen LogP contribution is -2.02. The van der Waals surface area contributed by atoms with Crippen molar-refractivity contribution in [2.24, 2.45) is 0 Å². The third kappa shape index (κ3) is 3.91. The summed E-state index contributed by atoms with van der Waals surface area (Å²) in [6.45, 7) is 1.87. The normalized spacial score (nSPS) is 26.7. The maximum atomic E-state index is 9.23. The number of rotatable bonds is 2. The molecule has 0 heterocycles. The molecular weight excluding hydrogens is 148 g/mol. The quantitative estimate of drug-likeness (QED) is 0.628. The molecule has 1 N–H and O–H groups in total. The van der Waals surface area contributed by atoms with E-state index in [1.807, 2.05) is 6.92 Å². The Balaban J connectivity index is 2.36. The molecule has 0 unspecified atom stereocenters. The molecule has 1 rings (SSSR count). The van der Waals surface area contributed by atoms with Gasteiger partial charge in [0.1, 0.15) is 0 Å². The summed E-state index contributed by atoms with van der Waals surface area (Å²) < 4.78 is 0. The molecular formula is C11H20O. The Labute approximate surface area is 75.5 Å². The highest BCUT2D eigenvalue weighted by Gasteiger charge is 2.04. The Bertz CT molecular complexity index is 147. The average Bonchev–Trinajstić information content (AvgIpc) is 1.93. The summed E-state index contributed by atoms with van der Waals surface area (Å²) in [6.07, 6.45) is 10.9. The van der Waals surface area contributed by atoms with Gasteiger partial charge in [0.25, 0.3) is 0 Å². The first-order valence-corrected chi connectivity index (χ1v) is 5.15. The van der Waals surface area contributed by atoms with E-state index in [1.165, 1.54) is 44.1 Å². The molecule has 12 heavy (non-hydrogen) atoms. The molecule has 0 spiro atoms. The zero-order valence-corrected chi connectivity index (χ0v) is 8.05. The lowest BCUT2D eigenvalue weighted by molar-refractivity contribution is 0.193. The van der Waals surface area contributed by atoms with Gasteiger partial charge in [-0.15, -0.1) is 0 Å². The van der Waals surface area contributed by atoms with Crippen LogP contribution in [-0.4, -0.2) is 11.2 Å². The van der Waals surface area contributed by atoms with Crippen molar-refractivity contribution in [1.82, 2.24) is 0 Å². The molecule has 1 heteroatoms. The van der Waals surface area contributed by atoms with Gasteiger partial charge in [-0.1, -0.05) is 24.5 Å². The highest BCUT2D eigenvalue weighted by Crippen LogP contribution is 2.20. The Morgan fingerprint density at radius 3 is 2.83 bits per heavy atom. The van der Waals surface area contributed by atoms with Gasteiger partial charge in [-0.3, -0.25) is 0 Å². The van der Waals surface area contributed by atoms with Gasteiger partial charge in [-0.25, -0.2) is 0 Å². The second kappa shape index (κ2) is 5.36. The fourth-order valence-corrected chi connectivity index (χ4v) is 1.82. The van der Waals surface area contributed by atoms with E-state index in [-0.39, 0.29) is 6.10 Å². The van der Waals surface area contributed by atoms with Crippen LogP contribution in [0.2, 0.25) is 0 Å². The van der Waals surface area contributed by atoms with E-state index in [0.29, 0.717) is 0 Å². The zero-order chi connectivity index (χ0) is 8.81. The molecule has 1 nitrogen and oxygen atoms in total. The zero-order valence-electron chi connectivity index (χ0n) is 8.05. The standard InChI is InChI=1S/C11H20O/c1-10(12)9-11-7-5-3-2-4-6-8-11/h7,10,12H,2-6,8-9H2,1H3/b11-7+/t10-/m0/s1. The van der Waals surface area contributed by atoms with Crippen LogP contribution in [0.1, 0.15) is 51.9 Å². The van der Waals surface area contributed by atoms with Crippen LogP contribution in [0.5, 0.6) is 0 Å². The molecule has 0 saturated heterocycles. The first kappa shape index (κ1) is 9.79. The molecule has 0 amide bonds. The fraction of sp³-hybridized carbons (Fsp3) is 0.818. The van der Waals surface area contributed by atoms with E-state index in [4.69, 9.17) is 0 Å². The second-order valence-corrected chi connectivity index (χ2v) is 3.87. The molecule has 0 aliphatic heterocycles. The predicted molar refractivity (Wildman–Crippen MR) is 52.1 cm³/mol. The van der Waals surface area contributed by atoms with Crippen LogP contribution in [0.3, 0.4) is 0 Å². The van der Waals surface area contributed by atoms with Crippen molar-refractivity contribution in [3.63, 3.8) is 0 Å². The monoisotopic (exact) mass is 168 g/mol. The first-order chi connectivity index (χ1) is 5.79. The van der Waals surface area contributed by atoms with Gasteiger partial charge in [0.15, 0.2) is 0 Å². The third-order valence-electron chi connectivity index (χ3n) is 2.44. The summed E-state index contributed by atoms with van der Waals surface area (Å²) in [6, 6.07) is 0. The van der Waals surface area contributed by atoms with Gasteiger partial charge in [-0.2, -0.15) is 0 Å². The van der Waals surface area contributed by atoms with Crippen molar-refractivity contribution in [2.45, 2.75) is 58.0 Å². The van der Waals surface area contributed by atoms with Crippen molar-refractivity contribution in [3.8, 4) is 0 Å². The van der Waals surface area contributed by atoms with E-state index < -0.39 is 0 Å². The van der Waals surface area contributed by atoms with Crippen molar-refractivity contribution in [1.29, 1.82) is 0 Å². The summed E-state index contributed by atoms with van der Waals surface area (Å²) in [5.41, 5.74) is 1.48. The van der Waals surface area contributed by atoms with Crippen LogP contribution >= 0.6 is 0 Å². The molecule has 1 aliphatic rings. The van der Waals surface area contributed by atoms with Crippen molar-refractivity contribution in [2.75, 3.05) is 0 Å². The van der Waals surface area contributed by atoms with Crippen LogP contribution in [0.25, 0.3) is 0 Å². The summed E-state index contributed by atoms with van der Waals surface area (Å²) >= 11 is 0. The minimum absolute atomic E-state index is 0.157. The van der Waals surface area contributed by atoms with Crippen LogP contribution < -0.4 is 0 Å². The van der Waals surface area contributed by atoms with Crippen molar-refractivity contribution in [3.05, 3.63) is 11.6 Å². The summed E-state index contributed by atoms with van der Waals surface area (Å²) in [4.78, 5) is 0. The van der Waals surface area contributed by atoms with Gasteiger partial charge >= 0.3 is 0 Å². The van der Waals surface area contributed by atoms with Crippen molar-refractivity contribution < 1.29 is 5.11 Å². The minimum atomic E-state index is -0.157. The molecule has 1 atom stereocenters.